The highest BCUT2D eigenvalue weighted by atomic mass is 16.5. The Balaban J connectivity index is 2.13. The molecule has 2 atom stereocenters. The standard InChI is InChI=1S/C12H17NO/c1-9(11-5-6-14-8-11)10-3-2-4-12(13)7-10/h2-4,7,9,11H,5-6,8,13H2,1H3. The van der Waals surface area contributed by atoms with Gasteiger partial charge in [-0.15, -0.1) is 0 Å². The van der Waals surface area contributed by atoms with Crippen molar-refractivity contribution in [2.45, 2.75) is 19.3 Å². The zero-order valence-electron chi connectivity index (χ0n) is 8.57. The number of nitrogen functional groups attached to an aromatic ring is 1. The zero-order chi connectivity index (χ0) is 9.97. The average molecular weight is 191 g/mol. The van der Waals surface area contributed by atoms with Gasteiger partial charge in [-0.05, 0) is 36.0 Å². The maximum Gasteiger partial charge on any atom is 0.0500 e. The monoisotopic (exact) mass is 191 g/mol. The molecule has 0 saturated carbocycles. The van der Waals surface area contributed by atoms with Crippen LogP contribution in [-0.4, -0.2) is 13.2 Å². The molecule has 0 aliphatic carbocycles. The number of hydrogen-bond acceptors (Lipinski definition) is 2. The molecule has 1 aromatic rings. The van der Waals surface area contributed by atoms with Crippen LogP contribution >= 0.6 is 0 Å². The van der Waals surface area contributed by atoms with Crippen molar-refractivity contribution in [3.63, 3.8) is 0 Å². The van der Waals surface area contributed by atoms with E-state index in [4.69, 9.17) is 10.5 Å². The SMILES string of the molecule is CC(c1cccc(N)c1)C1CCOC1. The van der Waals surface area contributed by atoms with Gasteiger partial charge in [0.2, 0.25) is 0 Å². The van der Waals surface area contributed by atoms with Crippen molar-refractivity contribution in [2.24, 2.45) is 5.92 Å². The summed E-state index contributed by atoms with van der Waals surface area (Å²) in [5.41, 5.74) is 7.95. The first-order valence-corrected chi connectivity index (χ1v) is 5.20. The Kier molecular flexibility index (Phi) is 2.73. The van der Waals surface area contributed by atoms with Crippen molar-refractivity contribution in [2.75, 3.05) is 18.9 Å². The van der Waals surface area contributed by atoms with E-state index >= 15 is 0 Å². The Morgan fingerprint density at radius 3 is 3.00 bits per heavy atom. The first-order chi connectivity index (χ1) is 6.77. The molecule has 0 amide bonds. The molecule has 1 aromatic carbocycles. The van der Waals surface area contributed by atoms with E-state index in [0.717, 1.165) is 18.9 Å². The van der Waals surface area contributed by atoms with Crippen LogP contribution in [0.2, 0.25) is 0 Å². The summed E-state index contributed by atoms with van der Waals surface area (Å²) < 4.78 is 5.40. The Bertz CT molecular complexity index is 305. The van der Waals surface area contributed by atoms with E-state index in [2.05, 4.69) is 19.1 Å². The zero-order valence-corrected chi connectivity index (χ0v) is 8.57. The predicted molar refractivity (Wildman–Crippen MR) is 58.2 cm³/mol. The van der Waals surface area contributed by atoms with Crippen LogP contribution in [0.5, 0.6) is 0 Å². The third-order valence-corrected chi connectivity index (χ3v) is 3.11. The van der Waals surface area contributed by atoms with Crippen LogP contribution in [0.25, 0.3) is 0 Å². The van der Waals surface area contributed by atoms with E-state index in [9.17, 15) is 0 Å². The number of rotatable bonds is 2. The third kappa shape index (κ3) is 1.90. The van der Waals surface area contributed by atoms with Crippen molar-refractivity contribution in [3.8, 4) is 0 Å². The molecule has 0 bridgehead atoms. The highest BCUT2D eigenvalue weighted by molar-refractivity contribution is 5.41. The van der Waals surface area contributed by atoms with Gasteiger partial charge in [0, 0.05) is 12.3 Å². The summed E-state index contributed by atoms with van der Waals surface area (Å²) in [4.78, 5) is 0. The smallest absolute Gasteiger partial charge is 0.0500 e. The Morgan fingerprint density at radius 2 is 2.36 bits per heavy atom. The van der Waals surface area contributed by atoms with Gasteiger partial charge in [0.1, 0.15) is 0 Å². The van der Waals surface area contributed by atoms with Crippen molar-refractivity contribution in [3.05, 3.63) is 29.8 Å². The van der Waals surface area contributed by atoms with E-state index in [0.29, 0.717) is 11.8 Å². The third-order valence-electron chi connectivity index (χ3n) is 3.11. The van der Waals surface area contributed by atoms with Gasteiger partial charge in [-0.1, -0.05) is 19.1 Å². The highest BCUT2D eigenvalue weighted by Gasteiger charge is 2.23. The molecule has 1 heterocycles. The summed E-state index contributed by atoms with van der Waals surface area (Å²) in [5.74, 6) is 1.22. The molecule has 76 valence electrons. The molecule has 2 N–H and O–H groups in total. The minimum atomic E-state index is 0.556. The number of nitrogens with two attached hydrogens (primary N) is 1. The lowest BCUT2D eigenvalue weighted by Gasteiger charge is -2.18. The molecule has 2 heteroatoms. The molecular weight excluding hydrogens is 174 g/mol. The number of benzene rings is 1. The fourth-order valence-electron chi connectivity index (χ4n) is 2.06. The normalized spacial score (nSPS) is 23.6. The fraction of sp³-hybridized carbons (Fsp3) is 0.500. The van der Waals surface area contributed by atoms with Crippen LogP contribution in [-0.2, 0) is 4.74 Å². The van der Waals surface area contributed by atoms with Crippen LogP contribution in [0.4, 0.5) is 5.69 Å². The van der Waals surface area contributed by atoms with Crippen molar-refractivity contribution in [1.29, 1.82) is 0 Å². The van der Waals surface area contributed by atoms with Gasteiger partial charge >= 0.3 is 0 Å². The summed E-state index contributed by atoms with van der Waals surface area (Å²) in [7, 11) is 0. The molecule has 2 unspecified atom stereocenters. The molecule has 2 rings (SSSR count). The second-order valence-electron chi connectivity index (χ2n) is 4.08. The molecule has 1 aliphatic heterocycles. The average Bonchev–Trinajstić information content (AvgIpc) is 2.69. The van der Waals surface area contributed by atoms with Gasteiger partial charge in [-0.25, -0.2) is 0 Å². The van der Waals surface area contributed by atoms with Crippen molar-refractivity contribution < 1.29 is 4.74 Å². The Hall–Kier alpha value is -1.02. The first-order valence-electron chi connectivity index (χ1n) is 5.20. The van der Waals surface area contributed by atoms with Gasteiger partial charge in [-0.2, -0.15) is 0 Å². The fourth-order valence-corrected chi connectivity index (χ4v) is 2.06. The van der Waals surface area contributed by atoms with Gasteiger partial charge < -0.3 is 10.5 Å². The number of anilines is 1. The molecular formula is C12H17NO. The largest absolute Gasteiger partial charge is 0.399 e. The molecule has 0 aromatic heterocycles. The molecule has 0 spiro atoms. The molecule has 1 aliphatic rings. The Labute approximate surface area is 85.1 Å². The van der Waals surface area contributed by atoms with E-state index < -0.39 is 0 Å². The minimum absolute atomic E-state index is 0.556. The van der Waals surface area contributed by atoms with Crippen LogP contribution in [0, 0.1) is 5.92 Å². The molecule has 2 nitrogen and oxygen atoms in total. The summed E-state index contributed by atoms with van der Waals surface area (Å²) in [5, 5.41) is 0. The summed E-state index contributed by atoms with van der Waals surface area (Å²) in [6.45, 7) is 4.07. The van der Waals surface area contributed by atoms with Crippen LogP contribution in [0.1, 0.15) is 24.8 Å². The van der Waals surface area contributed by atoms with E-state index in [-0.39, 0.29) is 0 Å². The predicted octanol–water partition coefficient (Wildman–Crippen LogP) is 2.41. The quantitative estimate of drug-likeness (QED) is 0.728. The lowest BCUT2D eigenvalue weighted by Crippen LogP contribution is -2.09. The summed E-state index contributed by atoms with van der Waals surface area (Å²) in [6, 6.07) is 8.18. The first kappa shape index (κ1) is 9.53. The lowest BCUT2D eigenvalue weighted by atomic mass is 9.87. The maximum absolute atomic E-state index is 5.76. The molecule has 1 fully saturated rings. The topological polar surface area (TPSA) is 35.2 Å². The Morgan fingerprint density at radius 1 is 1.50 bits per heavy atom. The summed E-state index contributed by atoms with van der Waals surface area (Å²) in [6.07, 6.45) is 1.18. The minimum Gasteiger partial charge on any atom is -0.399 e. The highest BCUT2D eigenvalue weighted by Crippen LogP contribution is 2.30. The van der Waals surface area contributed by atoms with Crippen LogP contribution < -0.4 is 5.73 Å². The number of hydrogen-bond donors (Lipinski definition) is 1. The van der Waals surface area contributed by atoms with Crippen LogP contribution in [0.3, 0.4) is 0 Å². The second-order valence-corrected chi connectivity index (χ2v) is 4.08. The van der Waals surface area contributed by atoms with Gasteiger partial charge in [-0.3, -0.25) is 0 Å². The van der Waals surface area contributed by atoms with Crippen molar-refractivity contribution >= 4 is 5.69 Å². The second kappa shape index (κ2) is 4.01. The number of ether oxygens (including phenoxy) is 1. The molecule has 1 saturated heterocycles. The van der Waals surface area contributed by atoms with Gasteiger partial charge in [0.15, 0.2) is 0 Å². The summed E-state index contributed by atoms with van der Waals surface area (Å²) >= 11 is 0. The maximum atomic E-state index is 5.76. The molecule has 0 radical (unpaired) electrons. The lowest BCUT2D eigenvalue weighted by molar-refractivity contribution is 0.181. The van der Waals surface area contributed by atoms with Crippen molar-refractivity contribution in [1.82, 2.24) is 0 Å². The van der Waals surface area contributed by atoms with E-state index in [1.165, 1.54) is 12.0 Å². The van der Waals surface area contributed by atoms with E-state index in [1.807, 2.05) is 12.1 Å². The van der Waals surface area contributed by atoms with E-state index in [1.54, 1.807) is 0 Å². The van der Waals surface area contributed by atoms with Gasteiger partial charge in [0.05, 0.1) is 6.61 Å². The molecule has 14 heavy (non-hydrogen) atoms. The van der Waals surface area contributed by atoms with Crippen LogP contribution in [0.15, 0.2) is 24.3 Å². The van der Waals surface area contributed by atoms with Gasteiger partial charge in [0.25, 0.3) is 0 Å².